The number of rotatable bonds is 6. The Morgan fingerprint density at radius 3 is 2.39 bits per heavy atom. The number of anilines is 1. The SMILES string of the molecule is O=C(Cc1ccc(Cl)cc1)Nc1nc2c(nc1CCc1ccccc1)-c1ccccc1CC2. The topological polar surface area (TPSA) is 54.9 Å². The molecule has 5 rings (SSSR count). The molecule has 0 radical (unpaired) electrons. The van der Waals surface area contributed by atoms with Crippen LogP contribution in [0.25, 0.3) is 11.3 Å². The fourth-order valence-electron chi connectivity index (χ4n) is 4.26. The first kappa shape index (κ1) is 21.4. The molecule has 4 aromatic rings. The first-order valence-corrected chi connectivity index (χ1v) is 11.6. The van der Waals surface area contributed by atoms with Gasteiger partial charge < -0.3 is 5.32 Å². The van der Waals surface area contributed by atoms with E-state index in [9.17, 15) is 4.79 Å². The van der Waals surface area contributed by atoms with Crippen LogP contribution in [-0.4, -0.2) is 15.9 Å². The van der Waals surface area contributed by atoms with Gasteiger partial charge in [-0.05, 0) is 54.5 Å². The highest BCUT2D eigenvalue weighted by Crippen LogP contribution is 2.33. The number of hydrogen-bond acceptors (Lipinski definition) is 3. The van der Waals surface area contributed by atoms with Crippen LogP contribution < -0.4 is 5.32 Å². The van der Waals surface area contributed by atoms with Crippen molar-refractivity contribution in [3.05, 3.63) is 112 Å². The van der Waals surface area contributed by atoms with Crippen molar-refractivity contribution in [2.45, 2.75) is 32.1 Å². The third kappa shape index (κ3) is 4.96. The van der Waals surface area contributed by atoms with Crippen molar-refractivity contribution >= 4 is 23.3 Å². The molecule has 164 valence electrons. The van der Waals surface area contributed by atoms with Gasteiger partial charge in [-0.3, -0.25) is 4.79 Å². The molecule has 1 aromatic heterocycles. The number of amides is 1. The Labute approximate surface area is 198 Å². The summed E-state index contributed by atoms with van der Waals surface area (Å²) in [5, 5.41) is 3.69. The van der Waals surface area contributed by atoms with Gasteiger partial charge >= 0.3 is 0 Å². The molecule has 0 atom stereocenters. The molecule has 0 aliphatic heterocycles. The number of aryl methyl sites for hydroxylation is 4. The van der Waals surface area contributed by atoms with Gasteiger partial charge in [-0.2, -0.15) is 0 Å². The van der Waals surface area contributed by atoms with Gasteiger partial charge in [0.2, 0.25) is 5.91 Å². The zero-order valence-electron chi connectivity index (χ0n) is 18.2. The van der Waals surface area contributed by atoms with Crippen LogP contribution in [0.5, 0.6) is 0 Å². The second-order valence-electron chi connectivity index (χ2n) is 8.31. The summed E-state index contributed by atoms with van der Waals surface area (Å²) in [7, 11) is 0. The molecule has 1 aliphatic carbocycles. The molecular formula is C28H24ClN3O. The average Bonchev–Trinajstić information content (AvgIpc) is 2.84. The molecule has 4 nitrogen and oxygen atoms in total. The van der Waals surface area contributed by atoms with E-state index in [2.05, 4.69) is 35.6 Å². The third-order valence-corrected chi connectivity index (χ3v) is 6.22. The Morgan fingerprint density at radius 1 is 0.818 bits per heavy atom. The number of aromatic nitrogens is 2. The lowest BCUT2D eigenvalue weighted by Gasteiger charge is -2.21. The van der Waals surface area contributed by atoms with Gasteiger partial charge in [0.25, 0.3) is 0 Å². The Hall–Kier alpha value is -3.50. The lowest BCUT2D eigenvalue weighted by molar-refractivity contribution is -0.115. The largest absolute Gasteiger partial charge is 0.309 e. The Bertz CT molecular complexity index is 1290. The maximum atomic E-state index is 12.8. The van der Waals surface area contributed by atoms with E-state index < -0.39 is 0 Å². The molecule has 3 aromatic carbocycles. The monoisotopic (exact) mass is 453 g/mol. The molecular weight excluding hydrogens is 430 g/mol. The Kier molecular flexibility index (Phi) is 6.18. The zero-order valence-corrected chi connectivity index (χ0v) is 19.0. The predicted octanol–water partition coefficient (Wildman–Crippen LogP) is 5.86. The summed E-state index contributed by atoms with van der Waals surface area (Å²) in [5.74, 6) is 0.465. The summed E-state index contributed by atoms with van der Waals surface area (Å²) in [5.41, 5.74) is 7.28. The summed E-state index contributed by atoms with van der Waals surface area (Å²) in [4.78, 5) is 22.8. The molecule has 0 saturated heterocycles. The smallest absolute Gasteiger partial charge is 0.229 e. The van der Waals surface area contributed by atoms with E-state index in [-0.39, 0.29) is 12.3 Å². The summed E-state index contributed by atoms with van der Waals surface area (Å²) >= 11 is 5.97. The third-order valence-electron chi connectivity index (χ3n) is 5.97. The van der Waals surface area contributed by atoms with Gasteiger partial charge in [-0.25, -0.2) is 9.97 Å². The van der Waals surface area contributed by atoms with Gasteiger partial charge in [0, 0.05) is 10.6 Å². The number of carbonyl (C=O) groups excluding carboxylic acids is 1. The van der Waals surface area contributed by atoms with E-state index in [1.54, 1.807) is 12.1 Å². The van der Waals surface area contributed by atoms with Crippen molar-refractivity contribution in [2.75, 3.05) is 5.32 Å². The summed E-state index contributed by atoms with van der Waals surface area (Å²) in [6.45, 7) is 0. The fraction of sp³-hybridized carbons (Fsp3) is 0.179. The molecule has 0 bridgehead atoms. The van der Waals surface area contributed by atoms with E-state index >= 15 is 0 Å². The van der Waals surface area contributed by atoms with Crippen LogP contribution in [0, 0.1) is 0 Å². The van der Waals surface area contributed by atoms with Gasteiger partial charge in [0.1, 0.15) is 0 Å². The van der Waals surface area contributed by atoms with Crippen LogP contribution in [0.4, 0.5) is 5.82 Å². The number of carbonyl (C=O) groups is 1. The van der Waals surface area contributed by atoms with Crippen molar-refractivity contribution in [1.29, 1.82) is 0 Å². The van der Waals surface area contributed by atoms with Gasteiger partial charge in [0.15, 0.2) is 5.82 Å². The normalized spacial score (nSPS) is 12.0. The molecule has 1 aliphatic rings. The lowest BCUT2D eigenvalue weighted by Crippen LogP contribution is -2.20. The van der Waals surface area contributed by atoms with Crippen molar-refractivity contribution in [1.82, 2.24) is 9.97 Å². The van der Waals surface area contributed by atoms with Gasteiger partial charge in [-0.15, -0.1) is 0 Å². The number of nitrogens with one attached hydrogen (secondary N) is 1. The number of halogens is 1. The quantitative estimate of drug-likeness (QED) is 0.397. The number of hydrogen-bond donors (Lipinski definition) is 1. The number of fused-ring (bicyclic) bond motifs is 3. The first-order chi connectivity index (χ1) is 16.2. The molecule has 0 unspecified atom stereocenters. The van der Waals surface area contributed by atoms with Crippen molar-refractivity contribution < 1.29 is 4.79 Å². The second-order valence-corrected chi connectivity index (χ2v) is 8.74. The van der Waals surface area contributed by atoms with Crippen molar-refractivity contribution in [3.8, 4) is 11.3 Å². The Balaban J connectivity index is 1.45. The average molecular weight is 454 g/mol. The van der Waals surface area contributed by atoms with E-state index in [4.69, 9.17) is 21.6 Å². The minimum atomic E-state index is -0.108. The highest BCUT2D eigenvalue weighted by molar-refractivity contribution is 6.30. The molecule has 1 amide bonds. The zero-order chi connectivity index (χ0) is 22.6. The maximum Gasteiger partial charge on any atom is 0.229 e. The molecule has 1 N–H and O–H groups in total. The summed E-state index contributed by atoms with van der Waals surface area (Å²) < 4.78 is 0. The van der Waals surface area contributed by atoms with Crippen LogP contribution in [0.1, 0.15) is 28.1 Å². The van der Waals surface area contributed by atoms with Gasteiger partial charge in [-0.1, -0.05) is 78.3 Å². The van der Waals surface area contributed by atoms with Crippen LogP contribution >= 0.6 is 11.6 Å². The number of nitrogens with zero attached hydrogens (tertiary/aromatic N) is 2. The van der Waals surface area contributed by atoms with Crippen molar-refractivity contribution in [3.63, 3.8) is 0 Å². The maximum absolute atomic E-state index is 12.8. The highest BCUT2D eigenvalue weighted by Gasteiger charge is 2.22. The van der Waals surface area contributed by atoms with Crippen LogP contribution in [0.3, 0.4) is 0 Å². The standard InChI is InChI=1S/C28H24ClN3O/c29-22-14-10-20(11-15-22)18-26(33)32-28-25(16-12-19-6-2-1-3-7-19)30-27-23-9-5-4-8-21(23)13-17-24(27)31-28/h1-11,14-15H,12-13,16-18H2,(H,31,32,33). The van der Waals surface area contributed by atoms with Crippen molar-refractivity contribution in [2.24, 2.45) is 0 Å². The van der Waals surface area contributed by atoms with Crippen LogP contribution in [-0.2, 0) is 36.9 Å². The highest BCUT2D eigenvalue weighted by atomic mass is 35.5. The molecule has 33 heavy (non-hydrogen) atoms. The molecule has 5 heteroatoms. The van der Waals surface area contributed by atoms with E-state index in [1.165, 1.54) is 11.1 Å². The number of benzene rings is 3. The molecule has 0 spiro atoms. The fourth-order valence-corrected chi connectivity index (χ4v) is 4.39. The van der Waals surface area contributed by atoms with E-state index in [0.29, 0.717) is 17.3 Å². The van der Waals surface area contributed by atoms with Crippen LogP contribution in [0.15, 0.2) is 78.9 Å². The molecule has 0 saturated carbocycles. The summed E-state index contributed by atoms with van der Waals surface area (Å²) in [6, 6.07) is 26.0. The van der Waals surface area contributed by atoms with E-state index in [0.717, 1.165) is 47.5 Å². The summed E-state index contributed by atoms with van der Waals surface area (Å²) in [6.07, 6.45) is 3.54. The predicted molar refractivity (Wildman–Crippen MR) is 133 cm³/mol. The minimum absolute atomic E-state index is 0.108. The second kappa shape index (κ2) is 9.55. The first-order valence-electron chi connectivity index (χ1n) is 11.2. The van der Waals surface area contributed by atoms with Crippen LogP contribution in [0.2, 0.25) is 5.02 Å². The molecule has 1 heterocycles. The Morgan fingerprint density at radius 2 is 1.58 bits per heavy atom. The lowest BCUT2D eigenvalue weighted by atomic mass is 9.91. The minimum Gasteiger partial charge on any atom is -0.309 e. The molecule has 0 fully saturated rings. The van der Waals surface area contributed by atoms with E-state index in [1.807, 2.05) is 36.4 Å². The van der Waals surface area contributed by atoms with Gasteiger partial charge in [0.05, 0.1) is 23.5 Å².